The van der Waals surface area contributed by atoms with Crippen LogP contribution in [-0.4, -0.2) is 27.5 Å². The van der Waals surface area contributed by atoms with Crippen LogP contribution in [0.2, 0.25) is 0 Å². The Morgan fingerprint density at radius 3 is 2.81 bits per heavy atom. The van der Waals surface area contributed by atoms with Crippen molar-refractivity contribution in [3.05, 3.63) is 35.5 Å². The summed E-state index contributed by atoms with van der Waals surface area (Å²) in [4.78, 5) is 25.5. The predicted octanol–water partition coefficient (Wildman–Crippen LogP) is 2.51. The molecule has 0 unspecified atom stereocenters. The van der Waals surface area contributed by atoms with Crippen LogP contribution in [0.5, 0.6) is 0 Å². The lowest BCUT2D eigenvalue weighted by atomic mass is 10.1. The molecule has 3 aromatic heterocycles. The standard InChI is InChI=1S/C14H12N4O2S/c1-2-20-13(19)10-7-9-11(8-3-5-16-6-4-8)17-14(15)18-12(9)21-10/h3-7H,2H2,1H3,(H2,15,17,18). The number of carbonyl (C=O) groups is 1. The fourth-order valence-electron chi connectivity index (χ4n) is 1.97. The fourth-order valence-corrected chi connectivity index (χ4v) is 2.90. The summed E-state index contributed by atoms with van der Waals surface area (Å²) < 4.78 is 5.02. The van der Waals surface area contributed by atoms with E-state index in [-0.39, 0.29) is 11.9 Å². The van der Waals surface area contributed by atoms with Crippen LogP contribution in [-0.2, 0) is 4.74 Å². The molecule has 0 aliphatic heterocycles. The number of thiophene rings is 1. The highest BCUT2D eigenvalue weighted by Gasteiger charge is 2.16. The van der Waals surface area contributed by atoms with Crippen molar-refractivity contribution in [3.63, 3.8) is 0 Å². The van der Waals surface area contributed by atoms with E-state index in [9.17, 15) is 4.79 Å². The molecule has 3 heterocycles. The molecular weight excluding hydrogens is 288 g/mol. The monoisotopic (exact) mass is 300 g/mol. The van der Waals surface area contributed by atoms with E-state index >= 15 is 0 Å². The number of hydrogen-bond acceptors (Lipinski definition) is 7. The highest BCUT2D eigenvalue weighted by molar-refractivity contribution is 7.20. The van der Waals surface area contributed by atoms with Crippen molar-refractivity contribution in [1.82, 2.24) is 15.0 Å². The molecule has 0 aliphatic carbocycles. The van der Waals surface area contributed by atoms with E-state index in [1.165, 1.54) is 11.3 Å². The molecule has 3 aromatic rings. The molecule has 0 aliphatic rings. The van der Waals surface area contributed by atoms with Crippen molar-refractivity contribution < 1.29 is 9.53 Å². The number of ether oxygens (including phenoxy) is 1. The van der Waals surface area contributed by atoms with E-state index in [0.717, 1.165) is 10.9 Å². The maximum Gasteiger partial charge on any atom is 0.348 e. The number of pyridine rings is 1. The molecule has 2 N–H and O–H groups in total. The van der Waals surface area contributed by atoms with Crippen molar-refractivity contribution in [2.75, 3.05) is 12.3 Å². The third-order valence-corrected chi connectivity index (χ3v) is 3.85. The zero-order chi connectivity index (χ0) is 14.8. The molecule has 21 heavy (non-hydrogen) atoms. The van der Waals surface area contributed by atoms with E-state index in [4.69, 9.17) is 10.5 Å². The number of nitrogen functional groups attached to an aromatic ring is 1. The summed E-state index contributed by atoms with van der Waals surface area (Å²) in [6, 6.07) is 5.42. The first-order valence-corrected chi connectivity index (χ1v) is 7.15. The molecule has 3 rings (SSSR count). The van der Waals surface area contributed by atoms with Crippen LogP contribution in [0.3, 0.4) is 0 Å². The molecule has 106 valence electrons. The normalized spacial score (nSPS) is 10.7. The van der Waals surface area contributed by atoms with E-state index in [1.54, 1.807) is 25.4 Å². The first kappa shape index (κ1) is 13.4. The minimum atomic E-state index is -0.361. The minimum Gasteiger partial charge on any atom is -0.462 e. The van der Waals surface area contributed by atoms with Crippen LogP contribution < -0.4 is 5.73 Å². The minimum absolute atomic E-state index is 0.173. The fraction of sp³-hybridized carbons (Fsp3) is 0.143. The number of aromatic nitrogens is 3. The second-order valence-electron chi connectivity index (χ2n) is 4.22. The van der Waals surface area contributed by atoms with Crippen LogP contribution in [0.25, 0.3) is 21.5 Å². The Hall–Kier alpha value is -2.54. The molecule has 0 fully saturated rings. The first-order valence-electron chi connectivity index (χ1n) is 6.33. The molecule has 0 radical (unpaired) electrons. The number of nitrogens with two attached hydrogens (primary N) is 1. The summed E-state index contributed by atoms with van der Waals surface area (Å²) in [6.45, 7) is 2.10. The van der Waals surface area contributed by atoms with Crippen molar-refractivity contribution in [2.24, 2.45) is 0 Å². The van der Waals surface area contributed by atoms with Gasteiger partial charge in [-0.2, -0.15) is 0 Å². The third kappa shape index (κ3) is 2.55. The zero-order valence-corrected chi connectivity index (χ0v) is 12.1. The summed E-state index contributed by atoms with van der Waals surface area (Å²) >= 11 is 1.25. The Labute approximate surface area is 124 Å². The maximum atomic E-state index is 11.8. The first-order chi connectivity index (χ1) is 10.2. The molecule has 0 amide bonds. The van der Waals surface area contributed by atoms with Gasteiger partial charge in [0, 0.05) is 23.3 Å². The van der Waals surface area contributed by atoms with E-state index in [2.05, 4.69) is 15.0 Å². The van der Waals surface area contributed by atoms with Gasteiger partial charge in [-0.3, -0.25) is 4.98 Å². The van der Waals surface area contributed by atoms with Gasteiger partial charge < -0.3 is 10.5 Å². The lowest BCUT2D eigenvalue weighted by Gasteiger charge is -2.02. The summed E-state index contributed by atoms with van der Waals surface area (Å²) in [5.74, 6) is -0.189. The van der Waals surface area contributed by atoms with Gasteiger partial charge in [0.2, 0.25) is 5.95 Å². The van der Waals surface area contributed by atoms with Gasteiger partial charge >= 0.3 is 5.97 Å². The molecular formula is C14H12N4O2S. The SMILES string of the molecule is CCOC(=O)c1cc2c(-c3ccncc3)nc(N)nc2s1. The molecule has 6 nitrogen and oxygen atoms in total. The molecule has 0 saturated heterocycles. The average Bonchev–Trinajstić information content (AvgIpc) is 2.91. The van der Waals surface area contributed by atoms with Gasteiger partial charge in [-0.1, -0.05) is 0 Å². The number of esters is 1. The maximum absolute atomic E-state index is 11.8. The number of fused-ring (bicyclic) bond motifs is 1. The van der Waals surface area contributed by atoms with Crippen molar-refractivity contribution in [1.29, 1.82) is 0 Å². The second-order valence-corrected chi connectivity index (χ2v) is 5.25. The number of anilines is 1. The van der Waals surface area contributed by atoms with Gasteiger partial charge in [-0.15, -0.1) is 11.3 Å². The summed E-state index contributed by atoms with van der Waals surface area (Å²) in [5.41, 5.74) is 7.32. The molecule has 0 bridgehead atoms. The average molecular weight is 300 g/mol. The quantitative estimate of drug-likeness (QED) is 0.747. The van der Waals surface area contributed by atoms with Gasteiger partial charge in [0.25, 0.3) is 0 Å². The van der Waals surface area contributed by atoms with E-state index in [0.29, 0.717) is 22.0 Å². The topological polar surface area (TPSA) is 91.0 Å². The second kappa shape index (κ2) is 5.45. The lowest BCUT2D eigenvalue weighted by Crippen LogP contribution is -2.01. The zero-order valence-electron chi connectivity index (χ0n) is 11.2. The van der Waals surface area contributed by atoms with Gasteiger partial charge in [-0.05, 0) is 25.1 Å². The number of rotatable bonds is 3. The highest BCUT2D eigenvalue weighted by atomic mass is 32.1. The van der Waals surface area contributed by atoms with Crippen LogP contribution in [0, 0.1) is 0 Å². The Morgan fingerprint density at radius 2 is 2.10 bits per heavy atom. The van der Waals surface area contributed by atoms with Crippen LogP contribution in [0.15, 0.2) is 30.6 Å². The van der Waals surface area contributed by atoms with Gasteiger partial charge in [0.05, 0.1) is 12.3 Å². The number of nitrogens with zero attached hydrogens (tertiary/aromatic N) is 3. The van der Waals surface area contributed by atoms with Crippen molar-refractivity contribution in [2.45, 2.75) is 6.92 Å². The number of carbonyl (C=O) groups excluding carboxylic acids is 1. The Balaban J connectivity index is 2.18. The molecule has 0 atom stereocenters. The van der Waals surface area contributed by atoms with Crippen molar-refractivity contribution >= 4 is 33.5 Å². The lowest BCUT2D eigenvalue weighted by molar-refractivity contribution is 0.0532. The Morgan fingerprint density at radius 1 is 1.33 bits per heavy atom. The molecule has 0 saturated carbocycles. The third-order valence-electron chi connectivity index (χ3n) is 2.84. The molecule has 0 spiro atoms. The summed E-state index contributed by atoms with van der Waals surface area (Å²) in [7, 11) is 0. The highest BCUT2D eigenvalue weighted by Crippen LogP contribution is 2.32. The van der Waals surface area contributed by atoms with Gasteiger partial charge in [-0.25, -0.2) is 14.8 Å². The largest absolute Gasteiger partial charge is 0.462 e. The smallest absolute Gasteiger partial charge is 0.348 e. The summed E-state index contributed by atoms with van der Waals surface area (Å²) in [5, 5.41) is 0.781. The van der Waals surface area contributed by atoms with Crippen molar-refractivity contribution in [3.8, 4) is 11.3 Å². The molecule has 7 heteroatoms. The summed E-state index contributed by atoms with van der Waals surface area (Å²) in [6.07, 6.45) is 3.36. The number of hydrogen-bond donors (Lipinski definition) is 1. The molecule has 0 aromatic carbocycles. The predicted molar refractivity (Wildman–Crippen MR) is 81.0 cm³/mol. The van der Waals surface area contributed by atoms with E-state index in [1.807, 2.05) is 12.1 Å². The van der Waals surface area contributed by atoms with Crippen LogP contribution in [0.1, 0.15) is 16.6 Å². The van der Waals surface area contributed by atoms with Crippen LogP contribution in [0.4, 0.5) is 5.95 Å². The van der Waals surface area contributed by atoms with Crippen LogP contribution >= 0.6 is 11.3 Å². The van der Waals surface area contributed by atoms with E-state index < -0.39 is 0 Å². The van der Waals surface area contributed by atoms with Gasteiger partial charge in [0.1, 0.15) is 9.71 Å². The van der Waals surface area contributed by atoms with Gasteiger partial charge in [0.15, 0.2) is 0 Å². The Kier molecular flexibility index (Phi) is 3.49. The Bertz CT molecular complexity index is 801.